The molecule has 2 heterocycles. The first-order valence-electron chi connectivity index (χ1n) is 10.5. The lowest BCUT2D eigenvalue weighted by atomic mass is 10.0. The van der Waals surface area contributed by atoms with Crippen molar-refractivity contribution in [3.63, 3.8) is 0 Å². The molecule has 29 heavy (non-hydrogen) atoms. The molecule has 0 bridgehead atoms. The summed E-state index contributed by atoms with van der Waals surface area (Å²) < 4.78 is 10.2. The van der Waals surface area contributed by atoms with Crippen LogP contribution in [0.25, 0.3) is 0 Å². The van der Waals surface area contributed by atoms with Gasteiger partial charge >= 0.3 is 5.97 Å². The van der Waals surface area contributed by atoms with Gasteiger partial charge in [-0.25, -0.2) is 4.79 Å². The van der Waals surface area contributed by atoms with Gasteiger partial charge in [0.1, 0.15) is 0 Å². The summed E-state index contributed by atoms with van der Waals surface area (Å²) in [5, 5.41) is 9.88. The molecule has 0 unspecified atom stereocenters. The maximum Gasteiger partial charge on any atom is 0.343 e. The number of rotatable bonds is 11. The summed E-state index contributed by atoms with van der Waals surface area (Å²) in [7, 11) is 0. The Hall–Kier alpha value is -2.49. The van der Waals surface area contributed by atoms with Crippen LogP contribution >= 0.6 is 0 Å². The summed E-state index contributed by atoms with van der Waals surface area (Å²) in [6.07, 6.45) is 17.5. The Labute approximate surface area is 174 Å². The van der Waals surface area contributed by atoms with Crippen LogP contribution in [-0.2, 0) is 16.0 Å². The molecule has 0 saturated carbocycles. The highest BCUT2D eigenvalue weighted by molar-refractivity contribution is 5.93. The second-order valence-corrected chi connectivity index (χ2v) is 8.07. The Balaban J connectivity index is 1.64. The first-order valence-corrected chi connectivity index (χ1v) is 10.5. The van der Waals surface area contributed by atoms with E-state index in [1.807, 2.05) is 18.4 Å². The van der Waals surface area contributed by atoms with Gasteiger partial charge in [0.2, 0.25) is 0 Å². The average molecular weight is 399 g/mol. The van der Waals surface area contributed by atoms with E-state index < -0.39 is 5.97 Å². The van der Waals surface area contributed by atoms with Crippen LogP contribution in [0.5, 0.6) is 0 Å². The molecule has 0 amide bonds. The van der Waals surface area contributed by atoms with Gasteiger partial charge in [0.25, 0.3) is 0 Å². The molecule has 0 aromatic carbocycles. The molecular weight excluding hydrogens is 364 g/mol. The van der Waals surface area contributed by atoms with Crippen LogP contribution in [0.15, 0.2) is 69.5 Å². The predicted octanol–water partition coefficient (Wildman–Crippen LogP) is 6.96. The Morgan fingerprint density at radius 2 is 1.86 bits per heavy atom. The van der Waals surface area contributed by atoms with Gasteiger partial charge in [-0.2, -0.15) is 0 Å². The molecule has 0 radical (unpaired) electrons. The number of ether oxygens (including phenoxy) is 1. The fourth-order valence-electron chi connectivity index (χ4n) is 3.32. The summed E-state index contributed by atoms with van der Waals surface area (Å²) in [6.45, 7) is 8.05. The van der Waals surface area contributed by atoms with Crippen molar-refractivity contribution in [2.75, 3.05) is 0 Å². The van der Waals surface area contributed by atoms with Gasteiger partial charge < -0.3 is 14.3 Å². The fourth-order valence-corrected chi connectivity index (χ4v) is 3.32. The molecule has 2 rings (SSSR count). The monoisotopic (exact) mass is 398 g/mol. The lowest BCUT2D eigenvalue weighted by molar-refractivity contribution is -0.133. The van der Waals surface area contributed by atoms with Crippen LogP contribution in [0.2, 0.25) is 0 Å². The fraction of sp³-hybridized carbons (Fsp3) is 0.480. The van der Waals surface area contributed by atoms with Gasteiger partial charge in [0, 0.05) is 0 Å². The van der Waals surface area contributed by atoms with Crippen molar-refractivity contribution in [2.45, 2.75) is 72.6 Å². The van der Waals surface area contributed by atoms with Crippen molar-refractivity contribution in [3.8, 4) is 0 Å². The van der Waals surface area contributed by atoms with Crippen molar-refractivity contribution in [1.82, 2.24) is 0 Å². The quantitative estimate of drug-likeness (QED) is 0.323. The van der Waals surface area contributed by atoms with E-state index in [-0.39, 0.29) is 17.3 Å². The van der Waals surface area contributed by atoms with Gasteiger partial charge in [-0.15, -0.1) is 0 Å². The highest BCUT2D eigenvalue weighted by atomic mass is 16.6. The molecule has 1 aliphatic rings. The zero-order valence-corrected chi connectivity index (χ0v) is 18.2. The Bertz CT molecular complexity index is 791. The van der Waals surface area contributed by atoms with Crippen LogP contribution in [-0.4, -0.2) is 11.1 Å². The molecule has 0 saturated heterocycles. The number of esters is 1. The van der Waals surface area contributed by atoms with Crippen molar-refractivity contribution < 1.29 is 19.1 Å². The third-order valence-electron chi connectivity index (χ3n) is 5.30. The predicted molar refractivity (Wildman–Crippen MR) is 116 cm³/mol. The van der Waals surface area contributed by atoms with E-state index in [1.54, 1.807) is 13.2 Å². The highest BCUT2D eigenvalue weighted by Crippen LogP contribution is 2.26. The minimum Gasteiger partial charge on any atom is -0.504 e. The van der Waals surface area contributed by atoms with Crippen LogP contribution in [0, 0.1) is 5.92 Å². The second-order valence-electron chi connectivity index (χ2n) is 8.07. The normalized spacial score (nSPS) is 17.9. The second kappa shape index (κ2) is 11.5. The first kappa shape index (κ1) is 22.8. The molecule has 1 aromatic heterocycles. The molecule has 0 spiro atoms. The summed E-state index contributed by atoms with van der Waals surface area (Å²) >= 11 is 0. The van der Waals surface area contributed by atoms with E-state index in [0.717, 1.165) is 38.5 Å². The standard InChI is InChI=1S/C25H34O4/c1-18(8-5-9-19(2)11-7-13-22-14-15-28-17-22)10-6-12-20(3)16-23-24(26)21(4)25(27)29-23/h10-11,14-17,20,26H,5-9,12-13H2,1-4H3/b18-10-,19-11+,23-16-/t20-/m1/s1. The summed E-state index contributed by atoms with van der Waals surface area (Å²) in [6, 6.07) is 2.02. The third kappa shape index (κ3) is 7.80. The molecule has 1 N–H and O–H groups in total. The van der Waals surface area contributed by atoms with Crippen LogP contribution in [0.3, 0.4) is 0 Å². The molecule has 0 aliphatic carbocycles. The van der Waals surface area contributed by atoms with Gasteiger partial charge in [-0.05, 0) is 89.3 Å². The molecule has 4 nitrogen and oxygen atoms in total. The number of aryl methyl sites for hydroxylation is 1. The van der Waals surface area contributed by atoms with Crippen LogP contribution < -0.4 is 0 Å². The van der Waals surface area contributed by atoms with E-state index in [2.05, 4.69) is 32.9 Å². The van der Waals surface area contributed by atoms with Crippen LogP contribution in [0.4, 0.5) is 0 Å². The number of aliphatic hydroxyl groups is 1. The smallest absolute Gasteiger partial charge is 0.343 e. The van der Waals surface area contributed by atoms with E-state index in [9.17, 15) is 9.90 Å². The summed E-state index contributed by atoms with van der Waals surface area (Å²) in [4.78, 5) is 11.4. The lowest BCUT2D eigenvalue weighted by Gasteiger charge is -2.07. The zero-order valence-electron chi connectivity index (χ0n) is 18.2. The maximum atomic E-state index is 11.4. The molecular formula is C25H34O4. The molecule has 4 heteroatoms. The highest BCUT2D eigenvalue weighted by Gasteiger charge is 2.26. The first-order chi connectivity index (χ1) is 13.9. The number of allylic oxidation sites excluding steroid dienone is 5. The molecule has 158 valence electrons. The lowest BCUT2D eigenvalue weighted by Crippen LogP contribution is -1.97. The Morgan fingerprint density at radius 3 is 2.45 bits per heavy atom. The van der Waals surface area contributed by atoms with E-state index >= 15 is 0 Å². The molecule has 0 fully saturated rings. The van der Waals surface area contributed by atoms with Gasteiger partial charge in [0.15, 0.2) is 11.5 Å². The van der Waals surface area contributed by atoms with E-state index in [0.29, 0.717) is 5.76 Å². The number of carbonyl (C=O) groups excluding carboxylic acids is 1. The number of cyclic esters (lactones) is 1. The van der Waals surface area contributed by atoms with Crippen molar-refractivity contribution in [1.29, 1.82) is 0 Å². The van der Waals surface area contributed by atoms with Gasteiger partial charge in [0.05, 0.1) is 18.1 Å². The van der Waals surface area contributed by atoms with Gasteiger partial charge in [-0.3, -0.25) is 0 Å². The number of hydrogen-bond acceptors (Lipinski definition) is 4. The topological polar surface area (TPSA) is 59.7 Å². The van der Waals surface area contributed by atoms with Crippen molar-refractivity contribution >= 4 is 5.97 Å². The number of aliphatic hydroxyl groups excluding tert-OH is 1. The number of furan rings is 1. The molecule has 1 aromatic rings. The Morgan fingerprint density at radius 1 is 1.17 bits per heavy atom. The maximum absolute atomic E-state index is 11.4. The third-order valence-corrected chi connectivity index (χ3v) is 5.30. The zero-order chi connectivity index (χ0) is 21.2. The SMILES string of the molecule is CC1=C(O)/C(=C/[C@H](C)CC/C=C(/C)CCC/C(C)=C/CCc2ccoc2)OC1=O. The van der Waals surface area contributed by atoms with Crippen molar-refractivity contribution in [2.24, 2.45) is 5.92 Å². The minimum absolute atomic E-state index is 0.0261. The van der Waals surface area contributed by atoms with E-state index in [4.69, 9.17) is 9.15 Å². The average Bonchev–Trinajstić information content (AvgIpc) is 3.27. The largest absolute Gasteiger partial charge is 0.504 e. The van der Waals surface area contributed by atoms with E-state index in [1.165, 1.54) is 23.1 Å². The van der Waals surface area contributed by atoms with Crippen LogP contribution in [0.1, 0.15) is 71.8 Å². The number of hydrogen-bond donors (Lipinski definition) is 1. The summed E-state index contributed by atoms with van der Waals surface area (Å²) in [5.41, 5.74) is 4.41. The van der Waals surface area contributed by atoms with Crippen molar-refractivity contribution in [3.05, 3.63) is 70.6 Å². The van der Waals surface area contributed by atoms with Gasteiger partial charge in [-0.1, -0.05) is 30.2 Å². The molecule has 1 atom stereocenters. The Kier molecular flexibility index (Phi) is 9.04. The molecule has 1 aliphatic heterocycles. The number of carbonyl (C=O) groups is 1. The minimum atomic E-state index is -0.456. The summed E-state index contributed by atoms with van der Waals surface area (Å²) in [5.74, 6) is 0.0512.